The fourth-order valence-electron chi connectivity index (χ4n) is 1.99. The van der Waals surface area contributed by atoms with E-state index in [4.69, 9.17) is 19.8 Å². The topological polar surface area (TPSA) is 115 Å². The van der Waals surface area contributed by atoms with Gasteiger partial charge in [0.1, 0.15) is 0 Å². The summed E-state index contributed by atoms with van der Waals surface area (Å²) in [5, 5.41) is 19.0. The molecular formula is C13H20N2O6S2. The first-order chi connectivity index (χ1) is 10.8. The Balaban J connectivity index is 0.000000379. The molecule has 1 aliphatic heterocycles. The predicted octanol–water partition coefficient (Wildman–Crippen LogP) is 0.371. The highest BCUT2D eigenvalue weighted by Crippen LogP contribution is 2.13. The number of piperazine rings is 1. The fourth-order valence-corrected chi connectivity index (χ4v) is 3.73. The second kappa shape index (κ2) is 8.96. The first kappa shape index (κ1) is 19.6. The van der Waals surface area contributed by atoms with Crippen molar-refractivity contribution < 1.29 is 28.2 Å². The van der Waals surface area contributed by atoms with E-state index in [1.807, 2.05) is 0 Å². The van der Waals surface area contributed by atoms with Crippen LogP contribution in [0.1, 0.15) is 12.5 Å². The Morgan fingerprint density at radius 1 is 1.17 bits per heavy atom. The first-order valence-corrected chi connectivity index (χ1v) is 9.49. The van der Waals surface area contributed by atoms with Gasteiger partial charge in [0.05, 0.1) is 5.75 Å². The van der Waals surface area contributed by atoms with E-state index in [1.165, 1.54) is 5.56 Å². The van der Waals surface area contributed by atoms with Crippen LogP contribution in [-0.4, -0.2) is 71.7 Å². The second-order valence-corrected chi connectivity index (χ2v) is 7.86. The van der Waals surface area contributed by atoms with Crippen molar-refractivity contribution >= 4 is 33.3 Å². The van der Waals surface area contributed by atoms with Gasteiger partial charge in [0, 0.05) is 32.7 Å². The zero-order valence-electron chi connectivity index (χ0n) is 12.7. The third kappa shape index (κ3) is 6.65. The van der Waals surface area contributed by atoms with Crippen molar-refractivity contribution in [2.75, 3.05) is 31.9 Å². The van der Waals surface area contributed by atoms with E-state index in [0.717, 1.165) is 19.6 Å². The molecule has 1 aromatic rings. The number of hydrogen-bond acceptors (Lipinski definition) is 6. The van der Waals surface area contributed by atoms with Gasteiger partial charge in [-0.1, -0.05) is 0 Å². The summed E-state index contributed by atoms with van der Waals surface area (Å²) in [5.41, 5.74) is 1.32. The highest BCUT2D eigenvalue weighted by Gasteiger charge is 2.25. The number of hydrogen-bond donors (Lipinski definition) is 2. The molecule has 0 saturated carbocycles. The van der Waals surface area contributed by atoms with Crippen molar-refractivity contribution in [3.63, 3.8) is 0 Å². The summed E-state index contributed by atoms with van der Waals surface area (Å²) in [7, 11) is -3.00. The van der Waals surface area contributed by atoms with Gasteiger partial charge in [0.2, 0.25) is 10.0 Å². The van der Waals surface area contributed by atoms with Gasteiger partial charge in [-0.2, -0.15) is 15.6 Å². The Hall–Kier alpha value is -1.49. The third-order valence-electron chi connectivity index (χ3n) is 3.26. The Labute approximate surface area is 139 Å². The molecular weight excluding hydrogens is 344 g/mol. The van der Waals surface area contributed by atoms with Crippen molar-refractivity contribution in [1.82, 2.24) is 9.21 Å². The molecule has 130 valence electrons. The Bertz CT molecular complexity index is 594. The Kier molecular flexibility index (Phi) is 7.62. The maximum Gasteiger partial charge on any atom is 0.414 e. The number of rotatable bonds is 4. The lowest BCUT2D eigenvalue weighted by molar-refractivity contribution is -0.159. The van der Waals surface area contributed by atoms with Crippen LogP contribution in [0.2, 0.25) is 0 Å². The van der Waals surface area contributed by atoms with Crippen LogP contribution in [-0.2, 0) is 26.2 Å². The molecule has 1 fully saturated rings. The molecule has 0 bridgehead atoms. The average molecular weight is 364 g/mol. The van der Waals surface area contributed by atoms with Crippen molar-refractivity contribution in [2.24, 2.45) is 0 Å². The maximum absolute atomic E-state index is 11.7. The van der Waals surface area contributed by atoms with Crippen LogP contribution < -0.4 is 0 Å². The lowest BCUT2D eigenvalue weighted by Gasteiger charge is -2.33. The Morgan fingerprint density at radius 2 is 1.74 bits per heavy atom. The van der Waals surface area contributed by atoms with Crippen LogP contribution in [0.15, 0.2) is 16.8 Å². The first-order valence-electron chi connectivity index (χ1n) is 6.93. The van der Waals surface area contributed by atoms with Crippen LogP contribution in [0.5, 0.6) is 0 Å². The molecule has 0 unspecified atom stereocenters. The number of thiophene rings is 1. The molecule has 2 N–H and O–H groups in total. The van der Waals surface area contributed by atoms with Gasteiger partial charge in [-0.05, 0) is 29.3 Å². The molecule has 23 heavy (non-hydrogen) atoms. The minimum absolute atomic E-state index is 0.206. The summed E-state index contributed by atoms with van der Waals surface area (Å²) < 4.78 is 25.0. The monoisotopic (exact) mass is 364 g/mol. The predicted molar refractivity (Wildman–Crippen MR) is 85.9 cm³/mol. The van der Waals surface area contributed by atoms with Gasteiger partial charge >= 0.3 is 11.9 Å². The Morgan fingerprint density at radius 3 is 2.13 bits per heavy atom. The molecule has 0 aromatic carbocycles. The number of sulfonamides is 1. The summed E-state index contributed by atoms with van der Waals surface area (Å²) >= 11 is 1.70. The largest absolute Gasteiger partial charge is 0.473 e. The summed E-state index contributed by atoms with van der Waals surface area (Å²) in [4.78, 5) is 20.5. The second-order valence-electron chi connectivity index (χ2n) is 4.82. The summed E-state index contributed by atoms with van der Waals surface area (Å²) in [6.07, 6.45) is 0. The van der Waals surface area contributed by atoms with Gasteiger partial charge in [-0.3, -0.25) is 4.90 Å². The van der Waals surface area contributed by atoms with Gasteiger partial charge in [0.25, 0.3) is 0 Å². The SMILES string of the molecule is CCS(=O)(=O)N1CCN(Cc2ccsc2)CC1.O=C(O)C(=O)O. The van der Waals surface area contributed by atoms with Gasteiger partial charge in [-0.25, -0.2) is 18.0 Å². The van der Waals surface area contributed by atoms with E-state index in [9.17, 15) is 8.42 Å². The number of carbonyl (C=O) groups is 2. The number of carboxylic acid groups (broad SMARTS) is 2. The van der Waals surface area contributed by atoms with Crippen molar-refractivity contribution in [3.05, 3.63) is 22.4 Å². The van der Waals surface area contributed by atoms with Crippen molar-refractivity contribution in [3.8, 4) is 0 Å². The highest BCUT2D eigenvalue weighted by atomic mass is 32.2. The van der Waals surface area contributed by atoms with E-state index in [2.05, 4.69) is 21.7 Å². The molecule has 0 radical (unpaired) electrons. The molecule has 2 rings (SSSR count). The highest BCUT2D eigenvalue weighted by molar-refractivity contribution is 7.89. The summed E-state index contributed by atoms with van der Waals surface area (Å²) in [5.74, 6) is -3.44. The number of carboxylic acids is 2. The zero-order chi connectivity index (χ0) is 17.5. The van der Waals surface area contributed by atoms with Crippen molar-refractivity contribution in [1.29, 1.82) is 0 Å². The van der Waals surface area contributed by atoms with Crippen molar-refractivity contribution in [2.45, 2.75) is 13.5 Å². The van der Waals surface area contributed by atoms with Crippen LogP contribution >= 0.6 is 11.3 Å². The molecule has 2 heterocycles. The normalized spacial score (nSPS) is 16.4. The van der Waals surface area contributed by atoms with Crippen LogP contribution in [0.3, 0.4) is 0 Å². The van der Waals surface area contributed by atoms with E-state index < -0.39 is 22.0 Å². The molecule has 1 aliphatic rings. The molecule has 10 heteroatoms. The van der Waals surface area contributed by atoms with Gasteiger partial charge < -0.3 is 10.2 Å². The van der Waals surface area contributed by atoms with Gasteiger partial charge in [0.15, 0.2) is 0 Å². The minimum atomic E-state index is -3.00. The van der Waals surface area contributed by atoms with Crippen LogP contribution in [0.25, 0.3) is 0 Å². The molecule has 0 atom stereocenters. The zero-order valence-corrected chi connectivity index (χ0v) is 14.3. The number of nitrogens with zero attached hydrogens (tertiary/aromatic N) is 2. The fraction of sp³-hybridized carbons (Fsp3) is 0.538. The number of aliphatic carboxylic acids is 2. The molecule has 0 spiro atoms. The molecule has 1 aromatic heterocycles. The maximum atomic E-state index is 11.7. The standard InChI is InChI=1S/C11H18N2O2S2.C2H2O4/c1-2-17(14,15)13-6-4-12(5-7-13)9-11-3-8-16-10-11;3-1(4)2(5)6/h3,8,10H,2,4-7,9H2,1H3;(H,3,4)(H,5,6). The molecule has 1 saturated heterocycles. The van der Waals surface area contributed by atoms with Crippen LogP contribution in [0, 0.1) is 0 Å². The lowest BCUT2D eigenvalue weighted by atomic mass is 10.3. The van der Waals surface area contributed by atoms with E-state index in [1.54, 1.807) is 22.6 Å². The van der Waals surface area contributed by atoms with E-state index in [-0.39, 0.29) is 5.75 Å². The minimum Gasteiger partial charge on any atom is -0.473 e. The lowest BCUT2D eigenvalue weighted by Crippen LogP contribution is -2.48. The average Bonchev–Trinajstić information content (AvgIpc) is 3.01. The quantitative estimate of drug-likeness (QED) is 0.742. The molecule has 0 aliphatic carbocycles. The summed E-state index contributed by atoms with van der Waals surface area (Å²) in [6, 6.07) is 2.12. The van der Waals surface area contributed by atoms with E-state index in [0.29, 0.717) is 13.1 Å². The molecule has 0 amide bonds. The summed E-state index contributed by atoms with van der Waals surface area (Å²) in [6.45, 7) is 5.54. The molecule has 8 nitrogen and oxygen atoms in total. The van der Waals surface area contributed by atoms with E-state index >= 15 is 0 Å². The van der Waals surface area contributed by atoms with Gasteiger partial charge in [-0.15, -0.1) is 0 Å². The van der Waals surface area contributed by atoms with Crippen LogP contribution in [0.4, 0.5) is 0 Å². The third-order valence-corrected chi connectivity index (χ3v) is 5.87. The smallest absolute Gasteiger partial charge is 0.414 e.